The van der Waals surface area contributed by atoms with Crippen molar-refractivity contribution in [2.75, 3.05) is 19.7 Å². The standard InChI is InChI=1S/C15H21NO/c1-2-3-7-11-16-12-8-13-17-14-15-9-5-4-6-10-15/h1,4-6,9-10,16H,3,7-8,11-14H2. The third-order valence-corrected chi connectivity index (χ3v) is 2.43. The molecule has 0 aliphatic carbocycles. The summed E-state index contributed by atoms with van der Waals surface area (Å²) in [5, 5.41) is 3.34. The van der Waals surface area contributed by atoms with Crippen molar-refractivity contribution < 1.29 is 4.74 Å². The Morgan fingerprint density at radius 3 is 2.65 bits per heavy atom. The van der Waals surface area contributed by atoms with E-state index in [0.717, 1.165) is 39.0 Å². The maximum absolute atomic E-state index is 5.58. The van der Waals surface area contributed by atoms with Crippen molar-refractivity contribution in [3.05, 3.63) is 35.9 Å². The van der Waals surface area contributed by atoms with E-state index in [0.29, 0.717) is 6.61 Å². The van der Waals surface area contributed by atoms with E-state index in [-0.39, 0.29) is 0 Å². The summed E-state index contributed by atoms with van der Waals surface area (Å²) in [6.07, 6.45) is 8.13. The molecule has 0 saturated carbocycles. The summed E-state index contributed by atoms with van der Waals surface area (Å²) < 4.78 is 5.58. The molecular formula is C15H21NO. The van der Waals surface area contributed by atoms with Gasteiger partial charge in [0.25, 0.3) is 0 Å². The number of rotatable bonds is 9. The molecule has 0 heterocycles. The predicted molar refractivity (Wildman–Crippen MR) is 71.7 cm³/mol. The SMILES string of the molecule is C#CCCCNCCCOCc1ccccc1. The number of hydrogen-bond donors (Lipinski definition) is 1. The second-order valence-corrected chi connectivity index (χ2v) is 3.95. The Balaban J connectivity index is 1.87. The van der Waals surface area contributed by atoms with Crippen molar-refractivity contribution >= 4 is 0 Å². The zero-order valence-corrected chi connectivity index (χ0v) is 10.3. The lowest BCUT2D eigenvalue weighted by atomic mass is 10.2. The number of hydrogen-bond acceptors (Lipinski definition) is 2. The molecule has 0 amide bonds. The van der Waals surface area contributed by atoms with Gasteiger partial charge in [0, 0.05) is 13.0 Å². The van der Waals surface area contributed by atoms with Gasteiger partial charge in [-0.1, -0.05) is 30.3 Å². The first-order chi connectivity index (χ1) is 8.43. The lowest BCUT2D eigenvalue weighted by Gasteiger charge is -2.05. The van der Waals surface area contributed by atoms with Gasteiger partial charge in [0.05, 0.1) is 6.61 Å². The fraction of sp³-hybridized carbons (Fsp3) is 0.467. The first-order valence-electron chi connectivity index (χ1n) is 6.19. The summed E-state index contributed by atoms with van der Waals surface area (Å²) in [5.74, 6) is 2.63. The molecule has 0 aromatic heterocycles. The van der Waals surface area contributed by atoms with Crippen LogP contribution in [-0.4, -0.2) is 19.7 Å². The highest BCUT2D eigenvalue weighted by Gasteiger charge is 1.92. The van der Waals surface area contributed by atoms with Crippen molar-refractivity contribution in [2.24, 2.45) is 0 Å². The number of ether oxygens (including phenoxy) is 1. The van der Waals surface area contributed by atoms with Gasteiger partial charge in [0.2, 0.25) is 0 Å². The minimum atomic E-state index is 0.706. The second kappa shape index (κ2) is 9.89. The molecule has 1 aromatic carbocycles. The van der Waals surface area contributed by atoms with E-state index in [1.807, 2.05) is 18.2 Å². The molecule has 0 bridgehead atoms. The van der Waals surface area contributed by atoms with Crippen LogP contribution in [-0.2, 0) is 11.3 Å². The number of terminal acetylenes is 1. The molecule has 0 aliphatic heterocycles. The minimum Gasteiger partial charge on any atom is -0.377 e. The first kappa shape index (κ1) is 13.8. The largest absolute Gasteiger partial charge is 0.377 e. The lowest BCUT2D eigenvalue weighted by Crippen LogP contribution is -2.17. The van der Waals surface area contributed by atoms with E-state index in [9.17, 15) is 0 Å². The average molecular weight is 231 g/mol. The third-order valence-electron chi connectivity index (χ3n) is 2.43. The van der Waals surface area contributed by atoms with E-state index in [4.69, 9.17) is 11.2 Å². The summed E-state index contributed by atoms with van der Waals surface area (Å²) in [5.41, 5.74) is 1.23. The van der Waals surface area contributed by atoms with Crippen LogP contribution in [0.1, 0.15) is 24.8 Å². The molecule has 0 unspecified atom stereocenters. The van der Waals surface area contributed by atoms with E-state index in [1.165, 1.54) is 5.56 Å². The summed E-state index contributed by atoms with van der Waals surface area (Å²) in [7, 11) is 0. The van der Waals surface area contributed by atoms with Gasteiger partial charge in [-0.15, -0.1) is 12.3 Å². The fourth-order valence-electron chi connectivity index (χ4n) is 1.50. The van der Waals surface area contributed by atoms with Crippen LogP contribution in [0.2, 0.25) is 0 Å². The van der Waals surface area contributed by atoms with Crippen LogP contribution in [0.5, 0.6) is 0 Å². The molecule has 1 aromatic rings. The zero-order valence-electron chi connectivity index (χ0n) is 10.3. The number of benzene rings is 1. The van der Waals surface area contributed by atoms with Crippen LogP contribution < -0.4 is 5.32 Å². The molecule has 0 aliphatic rings. The van der Waals surface area contributed by atoms with Crippen molar-refractivity contribution in [1.29, 1.82) is 0 Å². The predicted octanol–water partition coefficient (Wildman–Crippen LogP) is 2.60. The highest BCUT2D eigenvalue weighted by atomic mass is 16.5. The molecule has 0 fully saturated rings. The molecule has 92 valence electrons. The molecular weight excluding hydrogens is 210 g/mol. The second-order valence-electron chi connectivity index (χ2n) is 3.95. The molecule has 2 heteroatoms. The van der Waals surface area contributed by atoms with E-state index < -0.39 is 0 Å². The summed E-state index contributed by atoms with van der Waals surface area (Å²) in [6.45, 7) is 3.51. The molecule has 0 spiro atoms. The summed E-state index contributed by atoms with van der Waals surface area (Å²) in [6, 6.07) is 10.2. The Labute approximate surface area is 104 Å². The van der Waals surface area contributed by atoms with E-state index >= 15 is 0 Å². The zero-order chi connectivity index (χ0) is 12.2. The average Bonchev–Trinajstić information content (AvgIpc) is 2.38. The maximum atomic E-state index is 5.58. The number of nitrogens with one attached hydrogen (secondary N) is 1. The van der Waals surface area contributed by atoms with Gasteiger partial charge in [0.15, 0.2) is 0 Å². The highest BCUT2D eigenvalue weighted by Crippen LogP contribution is 2.00. The van der Waals surface area contributed by atoms with Crippen LogP contribution in [0.4, 0.5) is 0 Å². The van der Waals surface area contributed by atoms with Gasteiger partial charge in [-0.25, -0.2) is 0 Å². The van der Waals surface area contributed by atoms with Gasteiger partial charge in [-0.05, 0) is 31.5 Å². The molecule has 0 saturated heterocycles. The monoisotopic (exact) mass is 231 g/mol. The van der Waals surface area contributed by atoms with Gasteiger partial charge >= 0.3 is 0 Å². The highest BCUT2D eigenvalue weighted by molar-refractivity contribution is 5.13. The molecule has 1 N–H and O–H groups in total. The van der Waals surface area contributed by atoms with Gasteiger partial charge in [0.1, 0.15) is 0 Å². The minimum absolute atomic E-state index is 0.706. The molecule has 1 rings (SSSR count). The third kappa shape index (κ3) is 7.57. The van der Waals surface area contributed by atoms with Crippen molar-refractivity contribution in [2.45, 2.75) is 25.9 Å². The van der Waals surface area contributed by atoms with Crippen LogP contribution >= 0.6 is 0 Å². The van der Waals surface area contributed by atoms with Crippen molar-refractivity contribution in [3.63, 3.8) is 0 Å². The topological polar surface area (TPSA) is 21.3 Å². The van der Waals surface area contributed by atoms with Crippen LogP contribution in [0.15, 0.2) is 30.3 Å². The fourth-order valence-corrected chi connectivity index (χ4v) is 1.50. The Morgan fingerprint density at radius 2 is 1.88 bits per heavy atom. The van der Waals surface area contributed by atoms with E-state index in [2.05, 4.69) is 23.4 Å². The van der Waals surface area contributed by atoms with Crippen LogP contribution in [0, 0.1) is 12.3 Å². The Kier molecular flexibility index (Phi) is 8.01. The molecule has 2 nitrogen and oxygen atoms in total. The quantitative estimate of drug-likeness (QED) is 0.521. The lowest BCUT2D eigenvalue weighted by molar-refractivity contribution is 0.118. The summed E-state index contributed by atoms with van der Waals surface area (Å²) >= 11 is 0. The van der Waals surface area contributed by atoms with Gasteiger partial charge < -0.3 is 10.1 Å². The van der Waals surface area contributed by atoms with Crippen LogP contribution in [0.25, 0.3) is 0 Å². The van der Waals surface area contributed by atoms with Gasteiger partial charge in [-0.3, -0.25) is 0 Å². The Bertz CT molecular complexity index is 315. The maximum Gasteiger partial charge on any atom is 0.0716 e. The molecule has 17 heavy (non-hydrogen) atoms. The Morgan fingerprint density at radius 1 is 1.12 bits per heavy atom. The summed E-state index contributed by atoms with van der Waals surface area (Å²) in [4.78, 5) is 0. The smallest absolute Gasteiger partial charge is 0.0716 e. The van der Waals surface area contributed by atoms with Gasteiger partial charge in [-0.2, -0.15) is 0 Å². The first-order valence-corrected chi connectivity index (χ1v) is 6.19. The van der Waals surface area contributed by atoms with Crippen LogP contribution in [0.3, 0.4) is 0 Å². The normalized spacial score (nSPS) is 10.1. The van der Waals surface area contributed by atoms with E-state index in [1.54, 1.807) is 0 Å². The molecule has 0 radical (unpaired) electrons. The van der Waals surface area contributed by atoms with Crippen molar-refractivity contribution in [3.8, 4) is 12.3 Å². The number of unbranched alkanes of at least 4 members (excludes halogenated alkanes) is 1. The Hall–Kier alpha value is -1.30. The van der Waals surface area contributed by atoms with Crippen molar-refractivity contribution in [1.82, 2.24) is 5.32 Å². The molecule has 0 atom stereocenters.